The van der Waals surface area contributed by atoms with Gasteiger partial charge in [-0.25, -0.2) is 9.07 Å². The maximum atomic E-state index is 13.2. The Morgan fingerprint density at radius 2 is 1.86 bits per heavy atom. The minimum Gasteiger partial charge on any atom is -0.543 e. The molecule has 3 aromatic rings. The second kappa shape index (κ2) is 5.40. The molecule has 0 spiro atoms. The van der Waals surface area contributed by atoms with Gasteiger partial charge in [-0.2, -0.15) is 5.10 Å². The summed E-state index contributed by atoms with van der Waals surface area (Å²) in [4.78, 5) is 23.6. The molecule has 0 unspecified atom stereocenters. The zero-order valence-corrected chi connectivity index (χ0v) is 11.3. The van der Waals surface area contributed by atoms with E-state index >= 15 is 0 Å². The minimum atomic E-state index is -1.47. The third kappa shape index (κ3) is 2.46. The first kappa shape index (κ1) is 13.9. The number of halogens is 1. The van der Waals surface area contributed by atoms with E-state index in [1.165, 1.54) is 30.3 Å². The molecule has 0 radical (unpaired) electrons. The molecule has 3 rings (SSSR count). The van der Waals surface area contributed by atoms with Gasteiger partial charge >= 0.3 is 0 Å². The Labute approximate surface area is 124 Å². The zero-order chi connectivity index (χ0) is 15.7. The van der Waals surface area contributed by atoms with Crippen LogP contribution >= 0.6 is 0 Å². The molecule has 0 aliphatic rings. The molecule has 0 amide bonds. The summed E-state index contributed by atoms with van der Waals surface area (Å²) >= 11 is 0. The topological polar surface area (TPSA) is 75.0 Å². The van der Waals surface area contributed by atoms with Gasteiger partial charge in [0.25, 0.3) is 5.56 Å². The molecule has 0 aliphatic heterocycles. The summed E-state index contributed by atoms with van der Waals surface area (Å²) in [5, 5.41) is 15.5. The molecule has 1 aromatic heterocycles. The number of carbonyl (C=O) groups excluding carboxylic acids is 1. The summed E-state index contributed by atoms with van der Waals surface area (Å²) in [5.41, 5.74) is -0.245. The average molecular weight is 297 g/mol. The fourth-order valence-corrected chi connectivity index (χ4v) is 2.30. The smallest absolute Gasteiger partial charge is 0.274 e. The van der Waals surface area contributed by atoms with Crippen LogP contribution in [0, 0.1) is 5.82 Å². The normalized spacial score (nSPS) is 10.8. The van der Waals surface area contributed by atoms with Crippen LogP contribution in [0.15, 0.2) is 53.3 Å². The molecule has 5 nitrogen and oxygen atoms in total. The molecule has 0 bridgehead atoms. The lowest BCUT2D eigenvalue weighted by molar-refractivity contribution is -0.255. The summed E-state index contributed by atoms with van der Waals surface area (Å²) in [6.07, 6.45) is 0. The largest absolute Gasteiger partial charge is 0.543 e. The number of hydrogen-bond donors (Lipinski definition) is 0. The van der Waals surface area contributed by atoms with Crippen molar-refractivity contribution in [2.45, 2.75) is 6.54 Å². The minimum absolute atomic E-state index is 0.0261. The van der Waals surface area contributed by atoms with Crippen LogP contribution in [0.2, 0.25) is 0 Å². The van der Waals surface area contributed by atoms with E-state index in [-0.39, 0.29) is 23.0 Å². The third-order valence-corrected chi connectivity index (χ3v) is 3.28. The maximum Gasteiger partial charge on any atom is 0.274 e. The lowest BCUT2D eigenvalue weighted by atomic mass is 10.1. The van der Waals surface area contributed by atoms with Crippen LogP contribution in [0.25, 0.3) is 10.8 Å². The Kier molecular flexibility index (Phi) is 3.42. The highest BCUT2D eigenvalue weighted by molar-refractivity contribution is 6.00. The second-order valence-electron chi connectivity index (χ2n) is 4.77. The number of aromatic nitrogens is 2. The van der Waals surface area contributed by atoms with E-state index < -0.39 is 17.3 Å². The molecule has 0 aliphatic carbocycles. The van der Waals surface area contributed by atoms with Gasteiger partial charge in [0.1, 0.15) is 11.5 Å². The van der Waals surface area contributed by atoms with Crippen molar-refractivity contribution in [2.75, 3.05) is 0 Å². The van der Waals surface area contributed by atoms with Gasteiger partial charge in [-0.3, -0.25) is 4.79 Å². The highest BCUT2D eigenvalue weighted by atomic mass is 19.1. The van der Waals surface area contributed by atoms with Crippen molar-refractivity contribution in [1.82, 2.24) is 9.78 Å². The van der Waals surface area contributed by atoms with Crippen LogP contribution in [0.1, 0.15) is 16.1 Å². The van der Waals surface area contributed by atoms with Crippen molar-refractivity contribution in [3.8, 4) is 0 Å². The standard InChI is InChI=1S/C16H11FN2O3/c17-11-5-3-4-10(8-11)9-19-15(20)13-7-2-1-6-12(13)14(18-19)16(21)22/h1-8H,9H2,(H,21,22)/p-1. The molecule has 0 N–H and O–H groups in total. The Bertz CT molecular complexity index is 934. The predicted molar refractivity (Wildman–Crippen MR) is 75.8 cm³/mol. The SMILES string of the molecule is O=C([O-])c1nn(Cc2cccc(F)c2)c(=O)c2ccccc12. The van der Waals surface area contributed by atoms with E-state index in [2.05, 4.69) is 5.10 Å². The Hall–Kier alpha value is -3.02. The van der Waals surface area contributed by atoms with Gasteiger partial charge in [0, 0.05) is 5.39 Å². The lowest BCUT2D eigenvalue weighted by Crippen LogP contribution is -2.31. The summed E-state index contributed by atoms with van der Waals surface area (Å²) in [6, 6.07) is 12.0. The highest BCUT2D eigenvalue weighted by Crippen LogP contribution is 2.13. The molecule has 1 heterocycles. The molecule has 0 saturated heterocycles. The molecule has 110 valence electrons. The molecule has 6 heteroatoms. The van der Waals surface area contributed by atoms with E-state index in [9.17, 15) is 19.1 Å². The predicted octanol–water partition coefficient (Wildman–Crippen LogP) is 0.947. The van der Waals surface area contributed by atoms with Crippen molar-refractivity contribution < 1.29 is 14.3 Å². The number of aromatic carboxylic acids is 1. The first-order chi connectivity index (χ1) is 10.6. The first-order valence-corrected chi connectivity index (χ1v) is 6.52. The molecular weight excluding hydrogens is 287 g/mol. The van der Waals surface area contributed by atoms with E-state index in [1.807, 2.05) is 0 Å². The van der Waals surface area contributed by atoms with Crippen LogP contribution in [0.4, 0.5) is 4.39 Å². The molecular formula is C16H10FN2O3-. The van der Waals surface area contributed by atoms with Crippen LogP contribution in [0.5, 0.6) is 0 Å². The highest BCUT2D eigenvalue weighted by Gasteiger charge is 2.11. The monoisotopic (exact) mass is 297 g/mol. The van der Waals surface area contributed by atoms with Crippen LogP contribution in [-0.2, 0) is 6.54 Å². The maximum absolute atomic E-state index is 13.2. The number of rotatable bonds is 3. The van der Waals surface area contributed by atoms with E-state index in [0.717, 1.165) is 4.68 Å². The van der Waals surface area contributed by atoms with Crippen molar-refractivity contribution in [1.29, 1.82) is 0 Å². The zero-order valence-electron chi connectivity index (χ0n) is 11.3. The number of carboxylic acids is 1. The van der Waals surface area contributed by atoms with Crippen LogP contribution in [-0.4, -0.2) is 15.7 Å². The fourth-order valence-electron chi connectivity index (χ4n) is 2.30. The lowest BCUT2D eigenvalue weighted by Gasteiger charge is -2.11. The van der Waals surface area contributed by atoms with E-state index in [4.69, 9.17) is 0 Å². The number of nitrogens with zero attached hydrogens (tertiary/aromatic N) is 2. The Balaban J connectivity index is 2.20. The molecule has 0 saturated carbocycles. The average Bonchev–Trinajstić information content (AvgIpc) is 2.50. The van der Waals surface area contributed by atoms with Gasteiger partial charge in [0.2, 0.25) is 0 Å². The molecule has 2 aromatic carbocycles. The van der Waals surface area contributed by atoms with Crippen molar-refractivity contribution >= 4 is 16.7 Å². The summed E-state index contributed by atoms with van der Waals surface area (Å²) < 4.78 is 14.2. The molecule has 0 fully saturated rings. The molecule has 0 atom stereocenters. The quantitative estimate of drug-likeness (QED) is 0.721. The summed E-state index contributed by atoms with van der Waals surface area (Å²) in [6.45, 7) is -0.0261. The fraction of sp³-hybridized carbons (Fsp3) is 0.0625. The van der Waals surface area contributed by atoms with Gasteiger partial charge in [0.15, 0.2) is 0 Å². The third-order valence-electron chi connectivity index (χ3n) is 3.28. The Morgan fingerprint density at radius 1 is 1.14 bits per heavy atom. The van der Waals surface area contributed by atoms with Gasteiger partial charge in [0.05, 0.1) is 17.9 Å². The number of fused-ring (bicyclic) bond motifs is 1. The van der Waals surface area contributed by atoms with E-state index in [1.54, 1.807) is 18.2 Å². The number of hydrogen-bond acceptors (Lipinski definition) is 4. The van der Waals surface area contributed by atoms with Gasteiger partial charge in [-0.15, -0.1) is 0 Å². The van der Waals surface area contributed by atoms with Crippen molar-refractivity contribution in [3.63, 3.8) is 0 Å². The van der Waals surface area contributed by atoms with Crippen LogP contribution in [0.3, 0.4) is 0 Å². The van der Waals surface area contributed by atoms with Gasteiger partial charge < -0.3 is 9.90 Å². The summed E-state index contributed by atoms with van der Waals surface area (Å²) in [5.74, 6) is -1.91. The first-order valence-electron chi connectivity index (χ1n) is 6.52. The number of carbonyl (C=O) groups is 1. The second-order valence-corrected chi connectivity index (χ2v) is 4.77. The van der Waals surface area contributed by atoms with Crippen molar-refractivity contribution in [2.24, 2.45) is 0 Å². The van der Waals surface area contributed by atoms with E-state index in [0.29, 0.717) is 5.56 Å². The van der Waals surface area contributed by atoms with Gasteiger partial charge in [-0.05, 0) is 23.8 Å². The molecule has 22 heavy (non-hydrogen) atoms. The Morgan fingerprint density at radius 3 is 2.55 bits per heavy atom. The number of carboxylic acid groups (broad SMARTS) is 1. The van der Waals surface area contributed by atoms with Crippen LogP contribution < -0.4 is 10.7 Å². The summed E-state index contributed by atoms with van der Waals surface area (Å²) in [7, 11) is 0. The van der Waals surface area contributed by atoms with Gasteiger partial charge in [-0.1, -0.05) is 30.3 Å². The number of benzene rings is 2. The van der Waals surface area contributed by atoms with Crippen molar-refractivity contribution in [3.05, 3.63) is 76.0 Å².